The van der Waals surface area contributed by atoms with Gasteiger partial charge in [-0.25, -0.2) is 0 Å². The van der Waals surface area contributed by atoms with Crippen molar-refractivity contribution in [3.05, 3.63) is 24.0 Å². The maximum atomic E-state index is 12.2. The van der Waals surface area contributed by atoms with Gasteiger partial charge in [-0.15, -0.1) is 0 Å². The smallest absolute Gasteiger partial charge is 0.272 e. The van der Waals surface area contributed by atoms with Crippen LogP contribution in [0.25, 0.3) is 0 Å². The van der Waals surface area contributed by atoms with E-state index in [1.54, 1.807) is 11.1 Å². The van der Waals surface area contributed by atoms with Crippen molar-refractivity contribution in [3.8, 4) is 0 Å². The fourth-order valence-corrected chi connectivity index (χ4v) is 1.70. The van der Waals surface area contributed by atoms with Crippen LogP contribution >= 0.6 is 0 Å². The standard InChI is InChI=1S/C14H23N3O/c1-5-11(4)16-12-8-9-15-13(10-12)14(18)17(6-2)7-3/h8-11H,5-7H2,1-4H3,(H,15,16). The minimum Gasteiger partial charge on any atom is -0.382 e. The summed E-state index contributed by atoms with van der Waals surface area (Å²) >= 11 is 0. The molecule has 1 aromatic heterocycles. The molecule has 0 bridgehead atoms. The zero-order valence-electron chi connectivity index (χ0n) is 11.7. The van der Waals surface area contributed by atoms with Gasteiger partial charge in [0.15, 0.2) is 0 Å². The normalized spacial score (nSPS) is 12.0. The van der Waals surface area contributed by atoms with Gasteiger partial charge >= 0.3 is 0 Å². The minimum atomic E-state index is -0.00667. The van der Waals surface area contributed by atoms with Gasteiger partial charge in [0, 0.05) is 31.0 Å². The Bertz CT molecular complexity index is 388. The van der Waals surface area contributed by atoms with Crippen molar-refractivity contribution in [3.63, 3.8) is 0 Å². The summed E-state index contributed by atoms with van der Waals surface area (Å²) in [5, 5.41) is 3.35. The summed E-state index contributed by atoms with van der Waals surface area (Å²) in [6, 6.07) is 4.11. The second kappa shape index (κ2) is 6.99. The summed E-state index contributed by atoms with van der Waals surface area (Å²) in [5.41, 5.74) is 1.46. The molecule has 0 aliphatic carbocycles. The van der Waals surface area contributed by atoms with Gasteiger partial charge in [0.25, 0.3) is 5.91 Å². The molecule has 0 saturated carbocycles. The number of aromatic nitrogens is 1. The van der Waals surface area contributed by atoms with Gasteiger partial charge < -0.3 is 10.2 Å². The van der Waals surface area contributed by atoms with Gasteiger partial charge in [-0.2, -0.15) is 0 Å². The molecule has 1 rings (SSSR count). The molecule has 0 aliphatic heterocycles. The highest BCUT2D eigenvalue weighted by Crippen LogP contribution is 2.12. The zero-order chi connectivity index (χ0) is 13.5. The van der Waals surface area contributed by atoms with Crippen molar-refractivity contribution in [2.45, 2.75) is 40.2 Å². The summed E-state index contributed by atoms with van der Waals surface area (Å²) in [6.45, 7) is 9.61. The van der Waals surface area contributed by atoms with Crippen LogP contribution in [0, 0.1) is 0 Å². The topological polar surface area (TPSA) is 45.2 Å². The van der Waals surface area contributed by atoms with E-state index in [1.807, 2.05) is 26.0 Å². The zero-order valence-corrected chi connectivity index (χ0v) is 11.7. The van der Waals surface area contributed by atoms with E-state index in [9.17, 15) is 4.79 Å². The lowest BCUT2D eigenvalue weighted by molar-refractivity contribution is 0.0767. The number of nitrogens with one attached hydrogen (secondary N) is 1. The van der Waals surface area contributed by atoms with Crippen LogP contribution in [0.2, 0.25) is 0 Å². The van der Waals surface area contributed by atoms with Crippen molar-refractivity contribution in [2.24, 2.45) is 0 Å². The number of pyridine rings is 1. The Kier molecular flexibility index (Phi) is 5.62. The fraction of sp³-hybridized carbons (Fsp3) is 0.571. The first kappa shape index (κ1) is 14.5. The fourth-order valence-electron chi connectivity index (χ4n) is 1.70. The lowest BCUT2D eigenvalue weighted by Crippen LogP contribution is -2.31. The molecular weight excluding hydrogens is 226 g/mol. The maximum absolute atomic E-state index is 12.2. The van der Waals surface area contributed by atoms with Crippen molar-refractivity contribution in [2.75, 3.05) is 18.4 Å². The van der Waals surface area contributed by atoms with E-state index in [2.05, 4.69) is 24.1 Å². The van der Waals surface area contributed by atoms with E-state index in [0.717, 1.165) is 12.1 Å². The minimum absolute atomic E-state index is 0.00667. The molecule has 1 amide bonds. The van der Waals surface area contributed by atoms with Crippen LogP contribution in [0.15, 0.2) is 18.3 Å². The van der Waals surface area contributed by atoms with Crippen molar-refractivity contribution in [1.82, 2.24) is 9.88 Å². The predicted octanol–water partition coefficient (Wildman–Crippen LogP) is 2.77. The number of nitrogens with zero attached hydrogens (tertiary/aromatic N) is 2. The summed E-state index contributed by atoms with van der Waals surface area (Å²) in [7, 11) is 0. The van der Waals surface area contributed by atoms with E-state index in [0.29, 0.717) is 24.8 Å². The van der Waals surface area contributed by atoms with Gasteiger partial charge in [0.05, 0.1) is 0 Å². The van der Waals surface area contributed by atoms with Crippen molar-refractivity contribution >= 4 is 11.6 Å². The van der Waals surface area contributed by atoms with Crippen LogP contribution < -0.4 is 5.32 Å². The first-order chi connectivity index (χ1) is 8.62. The molecule has 4 heteroatoms. The molecular formula is C14H23N3O. The molecule has 4 nitrogen and oxygen atoms in total. The van der Waals surface area contributed by atoms with E-state index in [-0.39, 0.29) is 5.91 Å². The van der Waals surface area contributed by atoms with Crippen LogP contribution in [0.3, 0.4) is 0 Å². The lowest BCUT2D eigenvalue weighted by atomic mass is 10.2. The molecule has 1 unspecified atom stereocenters. The van der Waals surface area contributed by atoms with Crippen LogP contribution in [0.1, 0.15) is 44.6 Å². The molecule has 18 heavy (non-hydrogen) atoms. The number of carbonyl (C=O) groups excluding carboxylic acids is 1. The third-order valence-corrected chi connectivity index (χ3v) is 3.06. The lowest BCUT2D eigenvalue weighted by Gasteiger charge is -2.19. The number of amides is 1. The molecule has 1 heterocycles. The highest BCUT2D eigenvalue weighted by Gasteiger charge is 2.14. The Labute approximate surface area is 109 Å². The summed E-state index contributed by atoms with van der Waals surface area (Å²) < 4.78 is 0. The Morgan fingerprint density at radius 1 is 1.39 bits per heavy atom. The first-order valence-corrected chi connectivity index (χ1v) is 6.64. The van der Waals surface area contributed by atoms with E-state index in [1.165, 1.54) is 0 Å². The van der Waals surface area contributed by atoms with Crippen molar-refractivity contribution < 1.29 is 4.79 Å². The number of carbonyl (C=O) groups is 1. The second-order valence-corrected chi connectivity index (χ2v) is 4.36. The Morgan fingerprint density at radius 3 is 2.61 bits per heavy atom. The molecule has 0 radical (unpaired) electrons. The third-order valence-electron chi connectivity index (χ3n) is 3.06. The van der Waals surface area contributed by atoms with Gasteiger partial charge in [0.1, 0.15) is 5.69 Å². The highest BCUT2D eigenvalue weighted by molar-refractivity contribution is 5.93. The molecule has 1 N–H and O–H groups in total. The van der Waals surface area contributed by atoms with Gasteiger partial charge in [-0.1, -0.05) is 6.92 Å². The largest absolute Gasteiger partial charge is 0.382 e. The summed E-state index contributed by atoms with van der Waals surface area (Å²) in [4.78, 5) is 18.1. The number of hydrogen-bond acceptors (Lipinski definition) is 3. The molecule has 0 aromatic carbocycles. The molecule has 1 aromatic rings. The second-order valence-electron chi connectivity index (χ2n) is 4.36. The van der Waals surface area contributed by atoms with Crippen LogP contribution in [0.4, 0.5) is 5.69 Å². The predicted molar refractivity (Wildman–Crippen MR) is 74.9 cm³/mol. The highest BCUT2D eigenvalue weighted by atomic mass is 16.2. The SMILES string of the molecule is CCC(C)Nc1ccnc(C(=O)N(CC)CC)c1. The number of rotatable bonds is 6. The van der Waals surface area contributed by atoms with Gasteiger partial charge in [-0.3, -0.25) is 9.78 Å². The van der Waals surface area contributed by atoms with E-state index >= 15 is 0 Å². The molecule has 0 aliphatic rings. The quantitative estimate of drug-likeness (QED) is 0.843. The van der Waals surface area contributed by atoms with E-state index < -0.39 is 0 Å². The summed E-state index contributed by atoms with van der Waals surface area (Å²) in [5.74, 6) is -0.00667. The van der Waals surface area contributed by atoms with Crippen LogP contribution in [-0.4, -0.2) is 34.9 Å². The Hall–Kier alpha value is -1.58. The summed E-state index contributed by atoms with van der Waals surface area (Å²) in [6.07, 6.45) is 2.73. The third kappa shape index (κ3) is 3.72. The monoisotopic (exact) mass is 249 g/mol. The maximum Gasteiger partial charge on any atom is 0.272 e. The Morgan fingerprint density at radius 2 is 2.06 bits per heavy atom. The van der Waals surface area contributed by atoms with Crippen LogP contribution in [0.5, 0.6) is 0 Å². The van der Waals surface area contributed by atoms with Crippen molar-refractivity contribution in [1.29, 1.82) is 0 Å². The van der Waals surface area contributed by atoms with Crippen LogP contribution in [-0.2, 0) is 0 Å². The Balaban J connectivity index is 2.84. The molecule has 0 fully saturated rings. The number of hydrogen-bond donors (Lipinski definition) is 1. The molecule has 0 saturated heterocycles. The van der Waals surface area contributed by atoms with Gasteiger partial charge in [-0.05, 0) is 39.3 Å². The average molecular weight is 249 g/mol. The molecule has 1 atom stereocenters. The molecule has 0 spiro atoms. The first-order valence-electron chi connectivity index (χ1n) is 6.64. The number of anilines is 1. The van der Waals surface area contributed by atoms with Gasteiger partial charge in [0.2, 0.25) is 0 Å². The molecule has 100 valence electrons. The van der Waals surface area contributed by atoms with E-state index in [4.69, 9.17) is 0 Å². The average Bonchev–Trinajstić information content (AvgIpc) is 2.40.